The zero-order chi connectivity index (χ0) is 19.9. The molecule has 0 aliphatic carbocycles. The highest BCUT2D eigenvalue weighted by Crippen LogP contribution is 2.23. The molecule has 2 aromatic rings. The van der Waals surface area contributed by atoms with Crippen molar-refractivity contribution in [2.24, 2.45) is 0 Å². The van der Waals surface area contributed by atoms with Gasteiger partial charge in [-0.25, -0.2) is 4.39 Å². The van der Waals surface area contributed by atoms with Crippen molar-refractivity contribution in [3.8, 4) is 0 Å². The van der Waals surface area contributed by atoms with Gasteiger partial charge >= 0.3 is 0 Å². The van der Waals surface area contributed by atoms with Gasteiger partial charge in [-0.05, 0) is 55.6 Å². The van der Waals surface area contributed by atoms with Gasteiger partial charge in [-0.15, -0.1) is 0 Å². The Labute approximate surface area is 167 Å². The number of halogens is 1. The van der Waals surface area contributed by atoms with Crippen LogP contribution in [0.3, 0.4) is 0 Å². The van der Waals surface area contributed by atoms with E-state index >= 15 is 0 Å². The zero-order valence-electron chi connectivity index (χ0n) is 16.9. The zero-order valence-corrected chi connectivity index (χ0v) is 16.9. The molecule has 1 heterocycles. The van der Waals surface area contributed by atoms with E-state index in [0.717, 1.165) is 26.2 Å². The van der Waals surface area contributed by atoms with Gasteiger partial charge in [-0.3, -0.25) is 4.79 Å². The van der Waals surface area contributed by atoms with Crippen LogP contribution < -0.4 is 10.2 Å². The van der Waals surface area contributed by atoms with E-state index in [1.807, 2.05) is 11.0 Å². The molecular formula is C23H30FN3O. The number of hydrogen-bond donors (Lipinski definition) is 1. The maximum atomic E-state index is 13.6. The van der Waals surface area contributed by atoms with Crippen LogP contribution in [-0.4, -0.2) is 50.1 Å². The fourth-order valence-corrected chi connectivity index (χ4v) is 3.68. The van der Waals surface area contributed by atoms with E-state index in [1.165, 1.54) is 22.9 Å². The maximum Gasteiger partial charge on any atom is 0.223 e. The number of nitrogens with one attached hydrogen (secondary N) is 1. The van der Waals surface area contributed by atoms with Gasteiger partial charge in [-0.1, -0.05) is 30.3 Å². The van der Waals surface area contributed by atoms with Crippen LogP contribution in [0.2, 0.25) is 0 Å². The number of amides is 1. The molecule has 0 aromatic heterocycles. The molecule has 0 atom stereocenters. The Hall–Kier alpha value is -2.40. The second-order valence-electron chi connectivity index (χ2n) is 7.43. The Balaban J connectivity index is 1.37. The molecule has 28 heavy (non-hydrogen) atoms. The third-order valence-corrected chi connectivity index (χ3v) is 5.59. The molecule has 4 nitrogen and oxygen atoms in total. The fourth-order valence-electron chi connectivity index (χ4n) is 3.68. The molecule has 1 saturated heterocycles. The van der Waals surface area contributed by atoms with Crippen LogP contribution in [0.25, 0.3) is 0 Å². The Kier molecular flexibility index (Phi) is 7.04. The van der Waals surface area contributed by atoms with Gasteiger partial charge in [0.05, 0.1) is 0 Å². The van der Waals surface area contributed by atoms with Crippen LogP contribution in [0, 0.1) is 19.7 Å². The Bertz CT molecular complexity index is 800. The highest BCUT2D eigenvalue weighted by molar-refractivity contribution is 5.76. The number of nitrogens with zero attached hydrogens (tertiary/aromatic N) is 2. The average Bonchev–Trinajstić information content (AvgIpc) is 2.71. The number of benzene rings is 2. The summed E-state index contributed by atoms with van der Waals surface area (Å²) in [6.45, 7) is 8.88. The van der Waals surface area contributed by atoms with Gasteiger partial charge in [0.25, 0.3) is 0 Å². The molecule has 3 rings (SSSR count). The minimum atomic E-state index is -0.165. The molecule has 150 valence electrons. The molecule has 2 aromatic carbocycles. The number of aryl methyl sites for hydroxylation is 1. The predicted octanol–water partition coefficient (Wildman–Crippen LogP) is 3.31. The lowest BCUT2D eigenvalue weighted by Gasteiger charge is -2.37. The van der Waals surface area contributed by atoms with E-state index in [0.29, 0.717) is 31.5 Å². The third kappa shape index (κ3) is 5.10. The van der Waals surface area contributed by atoms with Crippen molar-refractivity contribution >= 4 is 11.6 Å². The lowest BCUT2D eigenvalue weighted by molar-refractivity contribution is -0.131. The van der Waals surface area contributed by atoms with Crippen LogP contribution in [0.5, 0.6) is 0 Å². The van der Waals surface area contributed by atoms with Crippen LogP contribution in [0.15, 0.2) is 42.5 Å². The lowest BCUT2D eigenvalue weighted by atomic mass is 10.1. The van der Waals surface area contributed by atoms with Crippen LogP contribution in [-0.2, 0) is 11.2 Å². The first-order valence-electron chi connectivity index (χ1n) is 10.1. The summed E-state index contributed by atoms with van der Waals surface area (Å²) in [5, 5.41) is 3.25. The van der Waals surface area contributed by atoms with Crippen LogP contribution in [0.4, 0.5) is 10.1 Å². The van der Waals surface area contributed by atoms with E-state index in [-0.39, 0.29) is 11.7 Å². The van der Waals surface area contributed by atoms with Crippen molar-refractivity contribution in [1.29, 1.82) is 0 Å². The first-order valence-corrected chi connectivity index (χ1v) is 10.1. The Morgan fingerprint density at radius 1 is 1.00 bits per heavy atom. The molecular weight excluding hydrogens is 353 g/mol. The SMILES string of the molecule is Cc1cccc(N2CCN(C(=O)CCNCCc3ccccc3F)CC2)c1C. The Morgan fingerprint density at radius 3 is 2.50 bits per heavy atom. The minimum Gasteiger partial charge on any atom is -0.368 e. The molecule has 1 aliphatic rings. The minimum absolute atomic E-state index is 0.165. The molecule has 0 radical (unpaired) electrons. The van der Waals surface area contributed by atoms with Crippen molar-refractivity contribution in [2.45, 2.75) is 26.7 Å². The monoisotopic (exact) mass is 383 g/mol. The molecule has 0 saturated carbocycles. The fraction of sp³-hybridized carbons (Fsp3) is 0.435. The van der Waals surface area contributed by atoms with Crippen LogP contribution >= 0.6 is 0 Å². The highest BCUT2D eigenvalue weighted by Gasteiger charge is 2.21. The second kappa shape index (κ2) is 9.69. The smallest absolute Gasteiger partial charge is 0.223 e. The number of carbonyl (C=O) groups is 1. The first kappa shape index (κ1) is 20.3. The summed E-state index contributed by atoms with van der Waals surface area (Å²) in [7, 11) is 0. The largest absolute Gasteiger partial charge is 0.368 e. The summed E-state index contributed by atoms with van der Waals surface area (Å²) in [6, 6.07) is 13.2. The summed E-state index contributed by atoms with van der Waals surface area (Å²) in [4.78, 5) is 16.8. The van der Waals surface area contributed by atoms with E-state index < -0.39 is 0 Å². The van der Waals surface area contributed by atoms with Gasteiger partial charge < -0.3 is 15.1 Å². The van der Waals surface area contributed by atoms with Crippen molar-refractivity contribution in [1.82, 2.24) is 10.2 Å². The van der Waals surface area contributed by atoms with Crippen molar-refractivity contribution < 1.29 is 9.18 Å². The van der Waals surface area contributed by atoms with Gasteiger partial charge in [0.15, 0.2) is 0 Å². The maximum absolute atomic E-state index is 13.6. The average molecular weight is 384 g/mol. The van der Waals surface area contributed by atoms with Crippen molar-refractivity contribution in [3.05, 3.63) is 65.0 Å². The normalized spacial score (nSPS) is 14.4. The number of hydrogen-bond acceptors (Lipinski definition) is 3. The van der Waals surface area contributed by atoms with E-state index in [9.17, 15) is 9.18 Å². The number of rotatable bonds is 7. The summed E-state index contributed by atoms with van der Waals surface area (Å²) in [6.07, 6.45) is 1.12. The molecule has 1 N–H and O–H groups in total. The summed E-state index contributed by atoms with van der Waals surface area (Å²) in [5.41, 5.74) is 4.62. The molecule has 1 amide bonds. The topological polar surface area (TPSA) is 35.6 Å². The van der Waals surface area contributed by atoms with Gasteiger partial charge in [-0.2, -0.15) is 0 Å². The summed E-state index contributed by atoms with van der Waals surface area (Å²) >= 11 is 0. The van der Waals surface area contributed by atoms with Gasteiger partial charge in [0.2, 0.25) is 5.91 Å². The van der Waals surface area contributed by atoms with E-state index in [4.69, 9.17) is 0 Å². The van der Waals surface area contributed by atoms with Gasteiger partial charge in [0, 0.05) is 44.8 Å². The van der Waals surface area contributed by atoms with Gasteiger partial charge in [0.1, 0.15) is 5.82 Å². The highest BCUT2D eigenvalue weighted by atomic mass is 19.1. The summed E-state index contributed by atoms with van der Waals surface area (Å²) in [5.74, 6) is 0.0288. The lowest BCUT2D eigenvalue weighted by Crippen LogP contribution is -2.49. The molecule has 1 fully saturated rings. The number of anilines is 1. The first-order chi connectivity index (χ1) is 13.6. The second-order valence-corrected chi connectivity index (χ2v) is 7.43. The number of carbonyl (C=O) groups excluding carboxylic acids is 1. The molecule has 0 unspecified atom stereocenters. The molecule has 5 heteroatoms. The standard InChI is InChI=1S/C23H30FN3O/c1-18-6-5-9-22(19(18)2)26-14-16-27(17-15-26)23(28)11-13-25-12-10-20-7-3-4-8-21(20)24/h3-9,25H,10-17H2,1-2H3. The van der Waals surface area contributed by atoms with Crippen molar-refractivity contribution in [2.75, 3.05) is 44.2 Å². The predicted molar refractivity (Wildman–Crippen MR) is 112 cm³/mol. The summed E-state index contributed by atoms with van der Waals surface area (Å²) < 4.78 is 13.6. The molecule has 0 spiro atoms. The quantitative estimate of drug-likeness (QED) is 0.745. The van der Waals surface area contributed by atoms with E-state index in [1.54, 1.807) is 12.1 Å². The Morgan fingerprint density at radius 2 is 1.75 bits per heavy atom. The van der Waals surface area contributed by atoms with Crippen molar-refractivity contribution in [3.63, 3.8) is 0 Å². The number of piperazine rings is 1. The molecule has 1 aliphatic heterocycles. The molecule has 0 bridgehead atoms. The third-order valence-electron chi connectivity index (χ3n) is 5.59. The van der Waals surface area contributed by atoms with Crippen LogP contribution in [0.1, 0.15) is 23.1 Å². The van der Waals surface area contributed by atoms with E-state index in [2.05, 4.69) is 42.3 Å².